The summed E-state index contributed by atoms with van der Waals surface area (Å²) in [5.74, 6) is 0. The number of nitrogens with zero attached hydrogens (tertiary/aromatic N) is 1. The Morgan fingerprint density at radius 2 is 2.00 bits per heavy atom. The molecule has 0 fully saturated rings. The van der Waals surface area contributed by atoms with Crippen molar-refractivity contribution in [2.45, 2.75) is 26.8 Å². The highest BCUT2D eigenvalue weighted by molar-refractivity contribution is 5.73. The number of nitrogens with one attached hydrogen (secondary N) is 1. The number of anilines is 1. The van der Waals surface area contributed by atoms with Gasteiger partial charge in [0, 0.05) is 17.9 Å². The molecule has 2 heteroatoms. The van der Waals surface area contributed by atoms with Crippen molar-refractivity contribution in [2.24, 2.45) is 0 Å². The van der Waals surface area contributed by atoms with Gasteiger partial charge in [-0.2, -0.15) is 0 Å². The molecule has 0 bridgehead atoms. The first-order chi connectivity index (χ1) is 6.68. The average molecular weight is 188 g/mol. The van der Waals surface area contributed by atoms with Crippen LogP contribution in [0.1, 0.15) is 19.5 Å². The van der Waals surface area contributed by atoms with Gasteiger partial charge >= 0.3 is 0 Å². The van der Waals surface area contributed by atoms with Crippen LogP contribution in [0.3, 0.4) is 0 Å². The molecule has 74 valence electrons. The van der Waals surface area contributed by atoms with Gasteiger partial charge in [0.05, 0.1) is 11.2 Å². The Labute approximate surface area is 84.6 Å². The summed E-state index contributed by atoms with van der Waals surface area (Å²) in [5.41, 5.74) is 3.72. The summed E-state index contributed by atoms with van der Waals surface area (Å²) in [6.45, 7) is 6.42. The quantitative estimate of drug-likeness (QED) is 0.766. The topological polar surface area (TPSA) is 16.4 Å². The Morgan fingerprint density at radius 1 is 1.21 bits per heavy atom. The Hall–Kier alpha value is -1.44. The standard InChI is InChI=1S/C12H16N2/c1-9(2)13-11-5-4-8-14-10(3)6-7-12(11)14/h4-9,13H,1-3H3. The van der Waals surface area contributed by atoms with Gasteiger partial charge in [-0.05, 0) is 45.0 Å². The molecule has 1 N–H and O–H groups in total. The van der Waals surface area contributed by atoms with Crippen molar-refractivity contribution in [2.75, 3.05) is 5.32 Å². The highest BCUT2D eigenvalue weighted by atomic mass is 15.0. The highest BCUT2D eigenvalue weighted by Gasteiger charge is 2.02. The van der Waals surface area contributed by atoms with Gasteiger partial charge < -0.3 is 9.72 Å². The maximum atomic E-state index is 3.44. The molecule has 0 saturated heterocycles. The molecule has 0 atom stereocenters. The summed E-state index contributed by atoms with van der Waals surface area (Å²) in [5, 5.41) is 3.44. The summed E-state index contributed by atoms with van der Waals surface area (Å²) in [6.07, 6.45) is 2.09. The minimum absolute atomic E-state index is 0.469. The lowest BCUT2D eigenvalue weighted by Crippen LogP contribution is -2.10. The van der Waals surface area contributed by atoms with E-state index in [-0.39, 0.29) is 0 Å². The number of aryl methyl sites for hydroxylation is 1. The summed E-state index contributed by atoms with van der Waals surface area (Å²) in [7, 11) is 0. The lowest BCUT2D eigenvalue weighted by Gasteiger charge is -2.11. The van der Waals surface area contributed by atoms with Crippen molar-refractivity contribution in [3.8, 4) is 0 Å². The highest BCUT2D eigenvalue weighted by Crippen LogP contribution is 2.19. The van der Waals surface area contributed by atoms with Crippen molar-refractivity contribution in [3.05, 3.63) is 36.2 Å². The van der Waals surface area contributed by atoms with Crippen LogP contribution in [0.5, 0.6) is 0 Å². The van der Waals surface area contributed by atoms with E-state index in [1.54, 1.807) is 0 Å². The van der Waals surface area contributed by atoms with Crippen LogP contribution < -0.4 is 5.32 Å². The average Bonchev–Trinajstić information content (AvgIpc) is 2.49. The van der Waals surface area contributed by atoms with Crippen LogP contribution in [0, 0.1) is 6.92 Å². The molecule has 2 aromatic rings. The number of fused-ring (bicyclic) bond motifs is 1. The third-order valence-corrected chi connectivity index (χ3v) is 2.34. The van der Waals surface area contributed by atoms with E-state index in [1.165, 1.54) is 16.9 Å². The number of hydrogen-bond donors (Lipinski definition) is 1. The zero-order valence-electron chi connectivity index (χ0n) is 8.91. The predicted octanol–water partition coefficient (Wildman–Crippen LogP) is 3.07. The minimum Gasteiger partial charge on any atom is -0.381 e. The third-order valence-electron chi connectivity index (χ3n) is 2.34. The summed E-state index contributed by atoms with van der Waals surface area (Å²) in [6, 6.07) is 8.96. The molecule has 0 aliphatic heterocycles. The van der Waals surface area contributed by atoms with Crippen LogP contribution in [0.25, 0.3) is 5.52 Å². The van der Waals surface area contributed by atoms with Crippen molar-refractivity contribution in [1.82, 2.24) is 4.40 Å². The number of rotatable bonds is 2. The molecule has 0 aliphatic carbocycles. The lowest BCUT2D eigenvalue weighted by molar-refractivity contribution is 0.899. The van der Waals surface area contributed by atoms with Crippen LogP contribution in [0.2, 0.25) is 0 Å². The second kappa shape index (κ2) is 3.37. The van der Waals surface area contributed by atoms with Gasteiger partial charge in [-0.15, -0.1) is 0 Å². The van der Waals surface area contributed by atoms with E-state index in [1.807, 2.05) is 0 Å². The van der Waals surface area contributed by atoms with E-state index < -0.39 is 0 Å². The summed E-state index contributed by atoms with van der Waals surface area (Å²) >= 11 is 0. The smallest absolute Gasteiger partial charge is 0.0685 e. The first kappa shape index (κ1) is 9.13. The maximum absolute atomic E-state index is 3.44. The molecule has 0 amide bonds. The minimum atomic E-state index is 0.469. The third kappa shape index (κ3) is 1.48. The molecule has 14 heavy (non-hydrogen) atoms. The number of pyridine rings is 1. The van der Waals surface area contributed by atoms with Gasteiger partial charge in [-0.25, -0.2) is 0 Å². The molecule has 0 radical (unpaired) electrons. The molecule has 2 rings (SSSR count). The molecule has 2 aromatic heterocycles. The zero-order valence-corrected chi connectivity index (χ0v) is 8.91. The van der Waals surface area contributed by atoms with E-state index in [0.29, 0.717) is 6.04 Å². The molecular formula is C12H16N2. The van der Waals surface area contributed by atoms with Crippen molar-refractivity contribution >= 4 is 11.2 Å². The van der Waals surface area contributed by atoms with Gasteiger partial charge in [0.15, 0.2) is 0 Å². The SMILES string of the molecule is Cc1ccc2c(NC(C)C)cccn12. The Bertz CT molecular complexity index is 441. The van der Waals surface area contributed by atoms with Crippen LogP contribution in [0.15, 0.2) is 30.5 Å². The molecule has 2 nitrogen and oxygen atoms in total. The Kier molecular flexibility index (Phi) is 2.20. The molecule has 0 saturated carbocycles. The van der Waals surface area contributed by atoms with E-state index in [9.17, 15) is 0 Å². The summed E-state index contributed by atoms with van der Waals surface area (Å²) < 4.78 is 2.20. The molecule has 0 aliphatic rings. The van der Waals surface area contributed by atoms with Crippen molar-refractivity contribution in [1.29, 1.82) is 0 Å². The molecule has 2 heterocycles. The summed E-state index contributed by atoms with van der Waals surface area (Å²) in [4.78, 5) is 0. The Balaban J connectivity index is 2.54. The second-order valence-corrected chi connectivity index (χ2v) is 3.95. The van der Waals surface area contributed by atoms with Crippen LogP contribution in [0.4, 0.5) is 5.69 Å². The van der Waals surface area contributed by atoms with Crippen molar-refractivity contribution in [3.63, 3.8) is 0 Å². The monoisotopic (exact) mass is 188 g/mol. The fraction of sp³-hybridized carbons (Fsp3) is 0.333. The van der Waals surface area contributed by atoms with E-state index >= 15 is 0 Å². The van der Waals surface area contributed by atoms with Gasteiger partial charge in [-0.3, -0.25) is 0 Å². The largest absolute Gasteiger partial charge is 0.381 e. The van der Waals surface area contributed by atoms with Gasteiger partial charge in [-0.1, -0.05) is 0 Å². The van der Waals surface area contributed by atoms with Gasteiger partial charge in [0.25, 0.3) is 0 Å². The first-order valence-electron chi connectivity index (χ1n) is 5.01. The van der Waals surface area contributed by atoms with Gasteiger partial charge in [0.2, 0.25) is 0 Å². The first-order valence-corrected chi connectivity index (χ1v) is 5.01. The van der Waals surface area contributed by atoms with Crippen LogP contribution in [-0.4, -0.2) is 10.4 Å². The van der Waals surface area contributed by atoms with E-state index in [4.69, 9.17) is 0 Å². The molecule has 0 spiro atoms. The lowest BCUT2D eigenvalue weighted by atomic mass is 10.3. The normalized spacial score (nSPS) is 11.1. The van der Waals surface area contributed by atoms with E-state index in [0.717, 1.165) is 0 Å². The fourth-order valence-corrected chi connectivity index (χ4v) is 1.71. The zero-order chi connectivity index (χ0) is 10.1. The molecule has 0 unspecified atom stereocenters. The molecular weight excluding hydrogens is 172 g/mol. The van der Waals surface area contributed by atoms with Crippen molar-refractivity contribution < 1.29 is 0 Å². The molecule has 0 aromatic carbocycles. The number of aromatic nitrogens is 1. The number of hydrogen-bond acceptors (Lipinski definition) is 1. The fourth-order valence-electron chi connectivity index (χ4n) is 1.71. The second-order valence-electron chi connectivity index (χ2n) is 3.95. The van der Waals surface area contributed by atoms with E-state index in [2.05, 4.69) is 61.0 Å². The van der Waals surface area contributed by atoms with Gasteiger partial charge in [0.1, 0.15) is 0 Å². The van der Waals surface area contributed by atoms with Crippen LogP contribution >= 0.6 is 0 Å². The maximum Gasteiger partial charge on any atom is 0.0685 e. The van der Waals surface area contributed by atoms with Crippen LogP contribution in [-0.2, 0) is 0 Å². The predicted molar refractivity (Wildman–Crippen MR) is 60.9 cm³/mol. The Morgan fingerprint density at radius 3 is 2.71 bits per heavy atom.